The van der Waals surface area contributed by atoms with E-state index in [9.17, 15) is 4.79 Å². The highest BCUT2D eigenvalue weighted by Crippen LogP contribution is 2.14. The van der Waals surface area contributed by atoms with E-state index in [1.165, 1.54) is 0 Å². The van der Waals surface area contributed by atoms with E-state index in [-0.39, 0.29) is 12.5 Å². The molecule has 2 N–H and O–H groups in total. The third kappa shape index (κ3) is 3.24. The van der Waals surface area contributed by atoms with Gasteiger partial charge in [-0.05, 0) is 38.2 Å². The van der Waals surface area contributed by atoms with Crippen LogP contribution in [0.4, 0.5) is 0 Å². The smallest absolute Gasteiger partial charge is 0.265 e. The lowest BCUT2D eigenvalue weighted by Gasteiger charge is -2.24. The van der Waals surface area contributed by atoms with E-state index in [4.69, 9.17) is 5.11 Å². The Morgan fingerprint density at radius 3 is 2.81 bits per heavy atom. The summed E-state index contributed by atoms with van der Waals surface area (Å²) in [6.45, 7) is 5.74. The van der Waals surface area contributed by atoms with E-state index in [2.05, 4.69) is 14.9 Å². The van der Waals surface area contributed by atoms with Crippen LogP contribution in [0.3, 0.4) is 0 Å². The number of aryl methyl sites for hydroxylation is 1. The molecular weight excluding hydrogens is 226 g/mol. The Labute approximate surface area is 99.0 Å². The summed E-state index contributed by atoms with van der Waals surface area (Å²) >= 11 is 1.11. The van der Waals surface area contributed by atoms with Gasteiger partial charge in [0, 0.05) is 12.1 Å². The highest BCUT2D eigenvalue weighted by atomic mass is 32.1. The standard InChI is InChI=1S/C10H17N3O2S/c1-4-7-8(16-13-12-7)9(15)11-10(2,3)5-6-14/h14H,4-6H2,1-3H3,(H,11,15). The summed E-state index contributed by atoms with van der Waals surface area (Å²) in [5.41, 5.74) is 0.309. The van der Waals surface area contributed by atoms with Crippen molar-refractivity contribution in [1.29, 1.82) is 0 Å². The molecule has 0 fully saturated rings. The van der Waals surface area contributed by atoms with Gasteiger partial charge in [0.1, 0.15) is 4.88 Å². The molecule has 0 bridgehead atoms. The normalized spacial score (nSPS) is 11.5. The van der Waals surface area contributed by atoms with E-state index in [0.29, 0.717) is 17.7 Å². The fourth-order valence-corrected chi connectivity index (χ4v) is 1.96. The second-order valence-electron chi connectivity index (χ2n) is 4.21. The molecule has 6 heteroatoms. The highest BCUT2D eigenvalue weighted by Gasteiger charge is 2.23. The molecule has 1 aromatic heterocycles. The zero-order valence-electron chi connectivity index (χ0n) is 9.78. The van der Waals surface area contributed by atoms with Gasteiger partial charge in [-0.2, -0.15) is 0 Å². The number of rotatable bonds is 5. The molecule has 0 aliphatic carbocycles. The van der Waals surface area contributed by atoms with Crippen molar-refractivity contribution < 1.29 is 9.90 Å². The van der Waals surface area contributed by atoms with Crippen molar-refractivity contribution in [2.75, 3.05) is 6.61 Å². The number of amides is 1. The number of hydrogen-bond acceptors (Lipinski definition) is 5. The van der Waals surface area contributed by atoms with E-state index < -0.39 is 5.54 Å². The number of carbonyl (C=O) groups excluding carboxylic acids is 1. The summed E-state index contributed by atoms with van der Waals surface area (Å²) in [6.07, 6.45) is 1.21. The average molecular weight is 243 g/mol. The first kappa shape index (κ1) is 13.1. The van der Waals surface area contributed by atoms with Gasteiger partial charge in [0.25, 0.3) is 5.91 Å². The molecule has 1 rings (SSSR count). The Balaban J connectivity index is 2.72. The first-order valence-electron chi connectivity index (χ1n) is 5.24. The average Bonchev–Trinajstić information content (AvgIpc) is 2.64. The second kappa shape index (κ2) is 5.36. The topological polar surface area (TPSA) is 75.1 Å². The van der Waals surface area contributed by atoms with E-state index in [1.807, 2.05) is 20.8 Å². The van der Waals surface area contributed by atoms with Gasteiger partial charge in [0.05, 0.1) is 5.69 Å². The maximum Gasteiger partial charge on any atom is 0.265 e. The Bertz CT molecular complexity index is 363. The van der Waals surface area contributed by atoms with Gasteiger partial charge in [0.2, 0.25) is 0 Å². The fraction of sp³-hybridized carbons (Fsp3) is 0.700. The third-order valence-corrected chi connectivity index (χ3v) is 3.05. The number of aliphatic hydroxyl groups excluding tert-OH is 1. The molecule has 5 nitrogen and oxygen atoms in total. The number of carbonyl (C=O) groups is 1. The van der Waals surface area contributed by atoms with Gasteiger partial charge in [-0.3, -0.25) is 4.79 Å². The van der Waals surface area contributed by atoms with Crippen LogP contribution in [0, 0.1) is 0 Å². The van der Waals surface area contributed by atoms with Gasteiger partial charge < -0.3 is 10.4 Å². The van der Waals surface area contributed by atoms with Crippen molar-refractivity contribution in [3.05, 3.63) is 10.6 Å². The summed E-state index contributed by atoms with van der Waals surface area (Å²) < 4.78 is 3.77. The third-order valence-electron chi connectivity index (χ3n) is 2.29. The monoisotopic (exact) mass is 243 g/mol. The minimum absolute atomic E-state index is 0.0505. The van der Waals surface area contributed by atoms with Crippen molar-refractivity contribution in [1.82, 2.24) is 14.9 Å². The lowest BCUT2D eigenvalue weighted by molar-refractivity contribution is 0.0902. The number of aromatic nitrogens is 2. The van der Waals surface area contributed by atoms with Crippen LogP contribution in [0.15, 0.2) is 0 Å². The maximum absolute atomic E-state index is 11.9. The quantitative estimate of drug-likeness (QED) is 0.808. The van der Waals surface area contributed by atoms with Crippen molar-refractivity contribution >= 4 is 17.4 Å². The number of hydrogen-bond donors (Lipinski definition) is 2. The van der Waals surface area contributed by atoms with E-state index in [0.717, 1.165) is 17.2 Å². The SMILES string of the molecule is CCc1nnsc1C(=O)NC(C)(C)CCO. The molecule has 16 heavy (non-hydrogen) atoms. The summed E-state index contributed by atoms with van der Waals surface area (Å²) in [5.74, 6) is -0.162. The molecule has 0 spiro atoms. The molecule has 0 saturated carbocycles. The first-order valence-corrected chi connectivity index (χ1v) is 6.02. The predicted octanol–water partition coefficient (Wildman–Crippen LogP) is 0.991. The molecule has 1 amide bonds. The number of nitrogens with zero attached hydrogens (tertiary/aromatic N) is 2. The van der Waals surface area contributed by atoms with Crippen molar-refractivity contribution in [2.24, 2.45) is 0 Å². The minimum Gasteiger partial charge on any atom is -0.396 e. The Kier molecular flexibility index (Phi) is 4.37. The van der Waals surface area contributed by atoms with Crippen molar-refractivity contribution in [3.63, 3.8) is 0 Å². The Morgan fingerprint density at radius 1 is 1.56 bits per heavy atom. The molecule has 90 valence electrons. The zero-order valence-corrected chi connectivity index (χ0v) is 10.6. The van der Waals surface area contributed by atoms with Gasteiger partial charge in [-0.25, -0.2) is 0 Å². The minimum atomic E-state index is -0.416. The first-order chi connectivity index (χ1) is 7.50. The van der Waals surface area contributed by atoms with Gasteiger partial charge in [-0.1, -0.05) is 11.4 Å². The Hall–Kier alpha value is -1.01. The van der Waals surface area contributed by atoms with Crippen LogP contribution in [-0.2, 0) is 6.42 Å². The second-order valence-corrected chi connectivity index (χ2v) is 4.97. The van der Waals surface area contributed by atoms with Crippen LogP contribution in [0.5, 0.6) is 0 Å². The van der Waals surface area contributed by atoms with Crippen molar-refractivity contribution in [2.45, 2.75) is 39.2 Å². The molecule has 0 saturated heterocycles. The summed E-state index contributed by atoms with van der Waals surface area (Å²) in [5, 5.41) is 15.6. The van der Waals surface area contributed by atoms with Crippen LogP contribution in [0.25, 0.3) is 0 Å². The molecule has 0 unspecified atom stereocenters. The molecule has 0 radical (unpaired) electrons. The molecular formula is C10H17N3O2S. The largest absolute Gasteiger partial charge is 0.396 e. The zero-order chi connectivity index (χ0) is 12.2. The summed E-state index contributed by atoms with van der Waals surface area (Å²) in [7, 11) is 0. The van der Waals surface area contributed by atoms with Crippen LogP contribution >= 0.6 is 11.5 Å². The highest BCUT2D eigenvalue weighted by molar-refractivity contribution is 7.08. The van der Waals surface area contributed by atoms with Gasteiger partial charge in [-0.15, -0.1) is 5.10 Å². The predicted molar refractivity (Wildman–Crippen MR) is 62.5 cm³/mol. The number of aliphatic hydroxyl groups is 1. The van der Waals surface area contributed by atoms with Crippen molar-refractivity contribution in [3.8, 4) is 0 Å². The van der Waals surface area contributed by atoms with Crippen LogP contribution in [0.2, 0.25) is 0 Å². The molecule has 1 aromatic rings. The lowest BCUT2D eigenvalue weighted by Crippen LogP contribution is -2.44. The Morgan fingerprint density at radius 2 is 2.25 bits per heavy atom. The molecule has 1 heterocycles. The maximum atomic E-state index is 11.9. The van der Waals surface area contributed by atoms with Gasteiger partial charge >= 0.3 is 0 Å². The van der Waals surface area contributed by atoms with E-state index >= 15 is 0 Å². The molecule has 0 aliphatic rings. The summed E-state index contributed by atoms with van der Waals surface area (Å²) in [4.78, 5) is 12.5. The lowest BCUT2D eigenvalue weighted by atomic mass is 10.0. The molecule has 0 aromatic carbocycles. The summed E-state index contributed by atoms with van der Waals surface area (Å²) in [6, 6.07) is 0. The fourth-order valence-electron chi connectivity index (χ4n) is 1.32. The molecule has 0 atom stereocenters. The van der Waals surface area contributed by atoms with Crippen LogP contribution < -0.4 is 5.32 Å². The van der Waals surface area contributed by atoms with Gasteiger partial charge in [0.15, 0.2) is 0 Å². The number of nitrogens with one attached hydrogen (secondary N) is 1. The van der Waals surface area contributed by atoms with E-state index in [1.54, 1.807) is 0 Å². The van der Waals surface area contributed by atoms with Crippen LogP contribution in [-0.4, -0.2) is 32.7 Å². The molecule has 0 aliphatic heterocycles. The van der Waals surface area contributed by atoms with Crippen LogP contribution in [0.1, 0.15) is 42.6 Å².